The Kier molecular flexibility index (Phi) is 6.82. The molecule has 1 aromatic heterocycles. The Bertz CT molecular complexity index is 1030. The average molecular weight is 459 g/mol. The van der Waals surface area contributed by atoms with E-state index in [1.807, 2.05) is 6.07 Å². The number of hydrogen-bond acceptors (Lipinski definition) is 8. The maximum Gasteiger partial charge on any atom is 0.237 e. The molecule has 10 heteroatoms. The number of piperidine rings is 1. The number of benzene rings is 1. The molecule has 0 radical (unpaired) electrons. The summed E-state index contributed by atoms with van der Waals surface area (Å²) in [4.78, 5) is 25.2. The van der Waals surface area contributed by atoms with Crippen LogP contribution in [-0.4, -0.2) is 78.2 Å². The van der Waals surface area contributed by atoms with E-state index >= 15 is 0 Å². The lowest BCUT2D eigenvalue weighted by atomic mass is 10.0. The first-order chi connectivity index (χ1) is 15.5. The number of rotatable bonds is 6. The van der Waals surface area contributed by atoms with Crippen LogP contribution in [0.5, 0.6) is 11.5 Å². The van der Waals surface area contributed by atoms with Gasteiger partial charge in [-0.1, -0.05) is 0 Å². The minimum absolute atomic E-state index is 0.0510. The molecule has 1 aromatic carbocycles. The number of likely N-dealkylation sites (tertiary alicyclic amines) is 2. The lowest BCUT2D eigenvalue weighted by Gasteiger charge is -2.33. The van der Waals surface area contributed by atoms with Crippen molar-refractivity contribution >= 4 is 34.2 Å². The number of amides is 1. The second kappa shape index (κ2) is 9.76. The summed E-state index contributed by atoms with van der Waals surface area (Å²) in [5, 5.41) is 13.7. The van der Waals surface area contributed by atoms with Crippen LogP contribution in [0.3, 0.4) is 0 Å². The van der Waals surface area contributed by atoms with E-state index in [0.29, 0.717) is 35.9 Å². The van der Waals surface area contributed by atoms with Gasteiger partial charge in [0.2, 0.25) is 11.2 Å². The van der Waals surface area contributed by atoms with Gasteiger partial charge in [-0.3, -0.25) is 9.69 Å². The Labute approximate surface area is 192 Å². The number of hydrogen-bond donors (Lipinski definition) is 1. The summed E-state index contributed by atoms with van der Waals surface area (Å²) < 4.78 is 10.8. The van der Waals surface area contributed by atoms with Crippen molar-refractivity contribution in [3.8, 4) is 17.6 Å². The van der Waals surface area contributed by atoms with E-state index in [4.69, 9.17) is 21.1 Å². The highest BCUT2D eigenvalue weighted by Crippen LogP contribution is 2.35. The molecule has 2 saturated heterocycles. The van der Waals surface area contributed by atoms with Crippen molar-refractivity contribution in [1.82, 2.24) is 19.8 Å². The molecule has 0 saturated carbocycles. The number of anilines is 1. The predicted molar refractivity (Wildman–Crippen MR) is 121 cm³/mol. The summed E-state index contributed by atoms with van der Waals surface area (Å²) >= 11 is 6.17. The molecule has 1 N–H and O–H groups in total. The zero-order chi connectivity index (χ0) is 22.7. The molecule has 9 nitrogen and oxygen atoms in total. The third-order valence-electron chi connectivity index (χ3n) is 6.18. The van der Waals surface area contributed by atoms with Crippen LogP contribution in [0.25, 0.3) is 10.9 Å². The molecule has 170 valence electrons. The number of nitriles is 1. The van der Waals surface area contributed by atoms with Crippen LogP contribution in [0.4, 0.5) is 5.82 Å². The van der Waals surface area contributed by atoms with Crippen molar-refractivity contribution < 1.29 is 14.3 Å². The molecular formula is C22H27ClN6O3. The zero-order valence-corrected chi connectivity index (χ0v) is 19.1. The number of aromatic nitrogens is 2. The molecule has 1 atom stereocenters. The summed E-state index contributed by atoms with van der Waals surface area (Å²) in [5.74, 6) is 1.88. The van der Waals surface area contributed by atoms with Gasteiger partial charge in [0.15, 0.2) is 11.5 Å². The number of nitrogens with one attached hydrogen (secondary N) is 1. The standard InChI is InChI=1S/C22H27ClN6O3/c1-31-18-10-16-17(11-19(18)32-2)26-22(23)27-21(16)25-14-5-8-28(9-6-14)13-20(30)29-7-3-4-15(29)12-24/h10-11,14-15H,3-9,13H2,1-2H3,(H,25,26,27). The topological polar surface area (TPSA) is 104 Å². The third kappa shape index (κ3) is 4.66. The van der Waals surface area contributed by atoms with Gasteiger partial charge in [-0.2, -0.15) is 5.26 Å². The van der Waals surface area contributed by atoms with Gasteiger partial charge in [-0.15, -0.1) is 0 Å². The molecule has 1 unspecified atom stereocenters. The number of carbonyl (C=O) groups is 1. The summed E-state index contributed by atoms with van der Waals surface area (Å²) in [7, 11) is 3.17. The zero-order valence-electron chi connectivity index (χ0n) is 18.3. The van der Waals surface area contributed by atoms with Crippen LogP contribution >= 0.6 is 11.6 Å². The van der Waals surface area contributed by atoms with Crippen molar-refractivity contribution in [3.63, 3.8) is 0 Å². The Morgan fingerprint density at radius 1 is 1.19 bits per heavy atom. The second-order valence-electron chi connectivity index (χ2n) is 8.13. The fourth-order valence-corrected chi connectivity index (χ4v) is 4.62. The lowest BCUT2D eigenvalue weighted by molar-refractivity contribution is -0.132. The smallest absolute Gasteiger partial charge is 0.237 e. The highest BCUT2D eigenvalue weighted by molar-refractivity contribution is 6.28. The van der Waals surface area contributed by atoms with Gasteiger partial charge in [-0.05, 0) is 43.4 Å². The molecule has 4 rings (SSSR count). The van der Waals surface area contributed by atoms with Gasteiger partial charge < -0.3 is 19.7 Å². The quantitative estimate of drug-likeness (QED) is 0.659. The maximum atomic E-state index is 12.6. The third-order valence-corrected chi connectivity index (χ3v) is 6.35. The minimum Gasteiger partial charge on any atom is -0.493 e. The highest BCUT2D eigenvalue weighted by Gasteiger charge is 2.30. The molecule has 2 aromatic rings. The van der Waals surface area contributed by atoms with Crippen LogP contribution in [0.1, 0.15) is 25.7 Å². The number of carbonyl (C=O) groups excluding carboxylic acids is 1. The largest absolute Gasteiger partial charge is 0.493 e. The van der Waals surface area contributed by atoms with Crippen LogP contribution in [0, 0.1) is 11.3 Å². The fourth-order valence-electron chi connectivity index (χ4n) is 4.45. The first kappa shape index (κ1) is 22.4. The van der Waals surface area contributed by atoms with Crippen LogP contribution < -0.4 is 14.8 Å². The van der Waals surface area contributed by atoms with E-state index in [1.54, 1.807) is 25.2 Å². The van der Waals surface area contributed by atoms with Crippen molar-refractivity contribution in [1.29, 1.82) is 5.26 Å². The summed E-state index contributed by atoms with van der Waals surface area (Å²) in [6.45, 7) is 2.64. The monoisotopic (exact) mass is 458 g/mol. The molecule has 32 heavy (non-hydrogen) atoms. The van der Waals surface area contributed by atoms with Crippen LogP contribution in [0.15, 0.2) is 12.1 Å². The van der Waals surface area contributed by atoms with E-state index in [0.717, 1.165) is 44.2 Å². The van der Waals surface area contributed by atoms with Crippen molar-refractivity contribution in [2.24, 2.45) is 0 Å². The van der Waals surface area contributed by atoms with E-state index in [2.05, 4.69) is 26.3 Å². The number of methoxy groups -OCH3 is 2. The van der Waals surface area contributed by atoms with E-state index in [-0.39, 0.29) is 23.3 Å². The van der Waals surface area contributed by atoms with E-state index in [1.165, 1.54) is 0 Å². The van der Waals surface area contributed by atoms with Crippen LogP contribution in [-0.2, 0) is 4.79 Å². The molecule has 2 aliphatic rings. The summed E-state index contributed by atoms with van der Waals surface area (Å²) in [5.41, 5.74) is 0.672. The Morgan fingerprint density at radius 3 is 2.59 bits per heavy atom. The van der Waals surface area contributed by atoms with Gasteiger partial charge in [0.05, 0.1) is 32.4 Å². The van der Waals surface area contributed by atoms with Gasteiger partial charge in [0, 0.05) is 37.1 Å². The first-order valence-corrected chi connectivity index (χ1v) is 11.2. The van der Waals surface area contributed by atoms with E-state index < -0.39 is 0 Å². The average Bonchev–Trinajstić information content (AvgIpc) is 3.28. The minimum atomic E-state index is -0.270. The molecule has 2 aliphatic heterocycles. The molecule has 1 amide bonds. The van der Waals surface area contributed by atoms with Gasteiger partial charge in [0.25, 0.3) is 0 Å². The van der Waals surface area contributed by atoms with E-state index in [9.17, 15) is 10.1 Å². The van der Waals surface area contributed by atoms with Crippen LogP contribution in [0.2, 0.25) is 5.28 Å². The Morgan fingerprint density at radius 2 is 1.91 bits per heavy atom. The Hall–Kier alpha value is -2.83. The first-order valence-electron chi connectivity index (χ1n) is 10.8. The second-order valence-corrected chi connectivity index (χ2v) is 8.47. The number of fused-ring (bicyclic) bond motifs is 1. The maximum absolute atomic E-state index is 12.6. The summed E-state index contributed by atoms with van der Waals surface area (Å²) in [6.07, 6.45) is 3.42. The lowest BCUT2D eigenvalue weighted by Crippen LogP contribution is -2.46. The Balaban J connectivity index is 1.41. The molecular weight excluding hydrogens is 432 g/mol. The highest BCUT2D eigenvalue weighted by atomic mass is 35.5. The van der Waals surface area contributed by atoms with Gasteiger partial charge in [-0.25, -0.2) is 9.97 Å². The molecule has 3 heterocycles. The molecule has 0 spiro atoms. The normalized spacial score (nSPS) is 19.7. The summed E-state index contributed by atoms with van der Waals surface area (Å²) in [6, 6.07) is 5.80. The molecule has 0 bridgehead atoms. The molecule has 2 fully saturated rings. The number of nitrogens with zero attached hydrogens (tertiary/aromatic N) is 5. The molecule has 0 aliphatic carbocycles. The number of halogens is 1. The predicted octanol–water partition coefficient (Wildman–Crippen LogP) is 2.69. The van der Waals surface area contributed by atoms with Gasteiger partial charge >= 0.3 is 0 Å². The van der Waals surface area contributed by atoms with Crippen molar-refractivity contribution in [3.05, 3.63) is 17.4 Å². The number of ether oxygens (including phenoxy) is 2. The fraction of sp³-hybridized carbons (Fsp3) is 0.545. The van der Waals surface area contributed by atoms with Crippen molar-refractivity contribution in [2.45, 2.75) is 37.8 Å². The van der Waals surface area contributed by atoms with Crippen molar-refractivity contribution in [2.75, 3.05) is 45.7 Å². The SMILES string of the molecule is COc1cc2nc(Cl)nc(NC3CCN(CC(=O)N4CCCC4C#N)CC3)c2cc1OC. The van der Waals surface area contributed by atoms with Gasteiger partial charge in [0.1, 0.15) is 11.9 Å².